The summed E-state index contributed by atoms with van der Waals surface area (Å²) < 4.78 is 5.41. The topological polar surface area (TPSA) is 68.3 Å². The van der Waals surface area contributed by atoms with Gasteiger partial charge in [0.1, 0.15) is 5.75 Å². The van der Waals surface area contributed by atoms with Crippen LogP contribution in [0.15, 0.2) is 59.5 Å². The average molecular weight is 413 g/mol. The lowest BCUT2D eigenvalue weighted by molar-refractivity contribution is -0.113. The molecule has 5 nitrogen and oxygen atoms in total. The van der Waals surface area contributed by atoms with Crippen LogP contribution in [-0.4, -0.2) is 29.0 Å². The van der Waals surface area contributed by atoms with Crippen molar-refractivity contribution in [3.63, 3.8) is 0 Å². The Hall–Kier alpha value is -2.64. The first kappa shape index (κ1) is 20.1. The highest BCUT2D eigenvalue weighted by Crippen LogP contribution is 2.31. The van der Waals surface area contributed by atoms with E-state index in [0.29, 0.717) is 22.3 Å². The van der Waals surface area contributed by atoms with Gasteiger partial charge in [0.2, 0.25) is 5.91 Å². The Kier molecular flexibility index (Phi) is 6.84. The van der Waals surface area contributed by atoms with Crippen molar-refractivity contribution < 1.29 is 14.3 Å². The number of nitrogens with one attached hydrogen (secondary N) is 1. The van der Waals surface area contributed by atoms with E-state index in [4.69, 9.17) is 4.74 Å². The molecule has 0 aliphatic carbocycles. The van der Waals surface area contributed by atoms with Crippen molar-refractivity contribution >= 4 is 39.9 Å². The zero-order valence-electron chi connectivity index (χ0n) is 15.6. The molecule has 3 rings (SSSR count). The SMILES string of the molecule is CCOc1ccc(SCC(=O)Nc2nc(-c3ccccc3)c(C(C)=O)s2)cc1. The number of carbonyl (C=O) groups excluding carboxylic acids is 2. The molecule has 1 amide bonds. The molecule has 0 unspecified atom stereocenters. The fourth-order valence-electron chi connectivity index (χ4n) is 2.51. The lowest BCUT2D eigenvalue weighted by Crippen LogP contribution is -2.13. The highest BCUT2D eigenvalue weighted by molar-refractivity contribution is 8.00. The normalized spacial score (nSPS) is 10.5. The number of amides is 1. The van der Waals surface area contributed by atoms with Gasteiger partial charge >= 0.3 is 0 Å². The van der Waals surface area contributed by atoms with Crippen LogP contribution < -0.4 is 10.1 Å². The van der Waals surface area contributed by atoms with Crippen LogP contribution in [0.3, 0.4) is 0 Å². The minimum atomic E-state index is -0.164. The number of hydrogen-bond acceptors (Lipinski definition) is 6. The number of hydrogen-bond donors (Lipinski definition) is 1. The molecule has 0 aliphatic rings. The number of anilines is 1. The molecule has 0 bridgehead atoms. The number of aromatic nitrogens is 1. The fourth-order valence-corrected chi connectivity index (χ4v) is 4.10. The van der Waals surface area contributed by atoms with E-state index in [0.717, 1.165) is 16.2 Å². The van der Waals surface area contributed by atoms with E-state index in [1.54, 1.807) is 0 Å². The summed E-state index contributed by atoms with van der Waals surface area (Å²) in [5.41, 5.74) is 1.46. The fraction of sp³-hybridized carbons (Fsp3) is 0.190. The molecule has 28 heavy (non-hydrogen) atoms. The van der Waals surface area contributed by atoms with E-state index in [9.17, 15) is 9.59 Å². The first-order valence-electron chi connectivity index (χ1n) is 8.79. The molecule has 0 radical (unpaired) electrons. The molecule has 144 valence electrons. The second kappa shape index (κ2) is 9.52. The Morgan fingerprint density at radius 3 is 2.46 bits per heavy atom. The molecular weight excluding hydrogens is 392 g/mol. The largest absolute Gasteiger partial charge is 0.494 e. The van der Waals surface area contributed by atoms with Gasteiger partial charge in [-0.25, -0.2) is 4.98 Å². The Morgan fingerprint density at radius 1 is 1.11 bits per heavy atom. The molecule has 1 heterocycles. The quantitative estimate of drug-likeness (QED) is 0.410. The summed E-state index contributed by atoms with van der Waals surface area (Å²) >= 11 is 2.63. The standard InChI is InChI=1S/C21H20N2O3S2/c1-3-26-16-9-11-17(12-10-16)27-13-18(25)22-21-23-19(20(28-21)14(2)24)15-7-5-4-6-8-15/h4-12H,3,13H2,1-2H3,(H,22,23,25). The molecule has 0 saturated heterocycles. The number of benzene rings is 2. The van der Waals surface area contributed by atoms with Crippen LogP contribution >= 0.6 is 23.1 Å². The Morgan fingerprint density at radius 2 is 1.82 bits per heavy atom. The van der Waals surface area contributed by atoms with Crippen LogP contribution in [0.5, 0.6) is 5.75 Å². The van der Waals surface area contributed by atoms with E-state index in [1.807, 2.05) is 61.5 Å². The number of carbonyl (C=O) groups is 2. The third-order valence-electron chi connectivity index (χ3n) is 3.75. The van der Waals surface area contributed by atoms with Gasteiger partial charge in [0, 0.05) is 17.4 Å². The van der Waals surface area contributed by atoms with Crippen LogP contribution in [-0.2, 0) is 4.79 Å². The zero-order valence-corrected chi connectivity index (χ0v) is 17.2. The first-order chi connectivity index (χ1) is 13.6. The van der Waals surface area contributed by atoms with Crippen LogP contribution in [0, 0.1) is 0 Å². The molecule has 0 atom stereocenters. The second-order valence-corrected chi connectivity index (χ2v) is 7.91. The van der Waals surface area contributed by atoms with E-state index in [2.05, 4.69) is 10.3 Å². The van der Waals surface area contributed by atoms with Gasteiger partial charge in [-0.3, -0.25) is 9.59 Å². The van der Waals surface area contributed by atoms with Crippen LogP contribution in [0.1, 0.15) is 23.5 Å². The van der Waals surface area contributed by atoms with Gasteiger partial charge in [0.25, 0.3) is 0 Å². The number of ether oxygens (including phenoxy) is 1. The lowest BCUT2D eigenvalue weighted by atomic mass is 10.1. The van der Waals surface area contributed by atoms with Gasteiger partial charge in [0.15, 0.2) is 10.9 Å². The van der Waals surface area contributed by atoms with E-state index >= 15 is 0 Å². The Labute approximate surface area is 172 Å². The predicted molar refractivity (Wildman–Crippen MR) is 115 cm³/mol. The molecule has 0 aliphatic heterocycles. The number of thiazole rings is 1. The van der Waals surface area contributed by atoms with Crippen molar-refractivity contribution in [2.45, 2.75) is 18.7 Å². The Balaban J connectivity index is 1.64. The smallest absolute Gasteiger partial charge is 0.236 e. The van der Waals surface area contributed by atoms with Gasteiger partial charge < -0.3 is 10.1 Å². The summed E-state index contributed by atoms with van der Waals surface area (Å²) in [6.07, 6.45) is 0. The van der Waals surface area contributed by atoms with Gasteiger partial charge in [0.05, 0.1) is 22.9 Å². The van der Waals surface area contributed by atoms with Gasteiger partial charge in [-0.1, -0.05) is 41.7 Å². The molecular formula is C21H20N2O3S2. The number of nitrogens with zero attached hydrogens (tertiary/aromatic N) is 1. The monoisotopic (exact) mass is 412 g/mol. The minimum Gasteiger partial charge on any atom is -0.494 e. The van der Waals surface area contributed by atoms with Crippen LogP contribution in [0.2, 0.25) is 0 Å². The van der Waals surface area contributed by atoms with E-state index in [-0.39, 0.29) is 17.4 Å². The summed E-state index contributed by atoms with van der Waals surface area (Å²) in [7, 11) is 0. The van der Waals surface area contributed by atoms with Gasteiger partial charge in [-0.15, -0.1) is 11.8 Å². The number of ketones is 1. The maximum absolute atomic E-state index is 12.3. The summed E-state index contributed by atoms with van der Waals surface area (Å²) in [6.45, 7) is 4.07. The number of Topliss-reactive ketones (excluding diaryl/α,β-unsaturated/α-hetero) is 1. The third-order valence-corrected chi connectivity index (χ3v) is 5.83. The van der Waals surface area contributed by atoms with Crippen molar-refractivity contribution in [2.24, 2.45) is 0 Å². The summed E-state index contributed by atoms with van der Waals surface area (Å²) in [4.78, 5) is 30.3. The predicted octanol–water partition coefficient (Wildman–Crippen LogP) is 5.14. The maximum Gasteiger partial charge on any atom is 0.236 e. The summed E-state index contributed by atoms with van der Waals surface area (Å²) in [5, 5.41) is 3.23. The first-order valence-corrected chi connectivity index (χ1v) is 10.6. The van der Waals surface area contributed by atoms with Crippen LogP contribution in [0.4, 0.5) is 5.13 Å². The molecule has 1 aromatic heterocycles. The number of thioether (sulfide) groups is 1. The lowest BCUT2D eigenvalue weighted by Gasteiger charge is -2.05. The maximum atomic E-state index is 12.3. The second-order valence-electron chi connectivity index (χ2n) is 5.86. The molecule has 3 aromatic rings. The molecule has 0 spiro atoms. The molecule has 0 fully saturated rings. The van der Waals surface area contributed by atoms with Crippen molar-refractivity contribution in [1.29, 1.82) is 0 Å². The van der Waals surface area contributed by atoms with Gasteiger partial charge in [-0.2, -0.15) is 0 Å². The summed E-state index contributed by atoms with van der Waals surface area (Å²) in [5.74, 6) is 0.830. The minimum absolute atomic E-state index is 0.0689. The molecule has 2 aromatic carbocycles. The van der Waals surface area contributed by atoms with Crippen molar-refractivity contribution in [1.82, 2.24) is 4.98 Å². The Bertz CT molecular complexity index is 954. The highest BCUT2D eigenvalue weighted by Gasteiger charge is 2.17. The highest BCUT2D eigenvalue weighted by atomic mass is 32.2. The number of rotatable bonds is 8. The molecule has 0 saturated carbocycles. The van der Waals surface area contributed by atoms with Crippen LogP contribution in [0.25, 0.3) is 11.3 Å². The van der Waals surface area contributed by atoms with Gasteiger partial charge in [-0.05, 0) is 31.2 Å². The zero-order chi connectivity index (χ0) is 19.9. The van der Waals surface area contributed by atoms with Crippen molar-refractivity contribution in [3.05, 3.63) is 59.5 Å². The third kappa shape index (κ3) is 5.21. The van der Waals surface area contributed by atoms with Crippen molar-refractivity contribution in [3.8, 4) is 17.0 Å². The van der Waals surface area contributed by atoms with E-state index < -0.39 is 0 Å². The molecule has 7 heteroatoms. The molecule has 1 N–H and O–H groups in total. The van der Waals surface area contributed by atoms with Crippen molar-refractivity contribution in [2.75, 3.05) is 17.7 Å². The summed E-state index contributed by atoms with van der Waals surface area (Å²) in [6, 6.07) is 17.1. The van der Waals surface area contributed by atoms with E-state index in [1.165, 1.54) is 30.0 Å². The average Bonchev–Trinajstić information content (AvgIpc) is 3.12.